The highest BCUT2D eigenvalue weighted by Crippen LogP contribution is 2.33. The van der Waals surface area contributed by atoms with Gasteiger partial charge in [-0.3, -0.25) is 0 Å². The summed E-state index contributed by atoms with van der Waals surface area (Å²) in [5, 5.41) is 0.330. The largest absolute Gasteiger partial charge is 0.131 e. The summed E-state index contributed by atoms with van der Waals surface area (Å²) in [4.78, 5) is 0. The zero-order chi connectivity index (χ0) is 16.3. The van der Waals surface area contributed by atoms with Crippen molar-refractivity contribution in [3.8, 4) is 0 Å². The van der Waals surface area contributed by atoms with Crippen molar-refractivity contribution in [2.75, 3.05) is 0 Å². The van der Waals surface area contributed by atoms with Crippen molar-refractivity contribution in [1.29, 1.82) is 0 Å². The van der Waals surface area contributed by atoms with E-state index in [1.54, 1.807) is 0 Å². The van der Waals surface area contributed by atoms with E-state index in [9.17, 15) is 0 Å². The van der Waals surface area contributed by atoms with Crippen LogP contribution in [0.15, 0.2) is 30.3 Å². The lowest BCUT2D eigenvalue weighted by Crippen LogP contribution is -2.26. The lowest BCUT2D eigenvalue weighted by molar-refractivity contribution is 0.373. The Morgan fingerprint density at radius 1 is 0.864 bits per heavy atom. The molecule has 1 aromatic carbocycles. The van der Waals surface area contributed by atoms with Gasteiger partial charge in [0.1, 0.15) is 0 Å². The van der Waals surface area contributed by atoms with Crippen molar-refractivity contribution >= 4 is 9.24 Å². The molecule has 0 N–H and O–H groups in total. The summed E-state index contributed by atoms with van der Waals surface area (Å²) in [6, 6.07) is 11.0. The lowest BCUT2D eigenvalue weighted by Gasteiger charge is -2.31. The highest BCUT2D eigenvalue weighted by Gasteiger charge is 2.24. The van der Waals surface area contributed by atoms with Crippen molar-refractivity contribution < 1.29 is 0 Å². The van der Waals surface area contributed by atoms with E-state index in [1.165, 1.54) is 69.8 Å². The van der Waals surface area contributed by atoms with Gasteiger partial charge in [-0.1, -0.05) is 102 Å². The molecule has 22 heavy (non-hydrogen) atoms. The first-order valence-corrected chi connectivity index (χ1v) is 9.94. The van der Waals surface area contributed by atoms with E-state index in [0.717, 1.165) is 5.92 Å². The molecule has 2 atom stereocenters. The van der Waals surface area contributed by atoms with Crippen LogP contribution in [0.3, 0.4) is 0 Å². The minimum absolute atomic E-state index is 0.330. The van der Waals surface area contributed by atoms with Gasteiger partial charge in [-0.2, -0.15) is 0 Å². The third-order valence-electron chi connectivity index (χ3n) is 4.78. The Bertz CT molecular complexity index is 363. The second kappa shape index (κ2) is 11.2. The molecule has 0 nitrogen and oxygen atoms in total. The summed E-state index contributed by atoms with van der Waals surface area (Å²) in [5.41, 5.74) is 1.49. The first kappa shape index (κ1) is 19.7. The van der Waals surface area contributed by atoms with E-state index < -0.39 is 0 Å². The fourth-order valence-electron chi connectivity index (χ4n) is 3.16. The molecule has 1 heteroatoms. The van der Waals surface area contributed by atoms with Crippen LogP contribution in [0.25, 0.3) is 0 Å². The van der Waals surface area contributed by atoms with E-state index in [4.69, 9.17) is 0 Å². The standard InChI is InChI=1S/C21H37P/c1-4-5-6-7-8-9-10-14-17-20(21(2,3)22)18-19-15-12-11-13-16-19/h11-13,15-16,20H,4-10,14,17-18,22H2,1-3H3. The van der Waals surface area contributed by atoms with Crippen molar-refractivity contribution in [2.45, 2.75) is 90.1 Å². The van der Waals surface area contributed by atoms with Gasteiger partial charge in [-0.25, -0.2) is 0 Å². The van der Waals surface area contributed by atoms with Gasteiger partial charge in [0.05, 0.1) is 0 Å². The van der Waals surface area contributed by atoms with E-state index in [-0.39, 0.29) is 0 Å². The van der Waals surface area contributed by atoms with Gasteiger partial charge in [0.2, 0.25) is 0 Å². The molecule has 0 aromatic heterocycles. The fourth-order valence-corrected chi connectivity index (χ4v) is 3.44. The maximum absolute atomic E-state index is 3.08. The lowest BCUT2D eigenvalue weighted by atomic mass is 9.84. The molecule has 126 valence electrons. The second-order valence-electron chi connectivity index (χ2n) is 7.47. The summed E-state index contributed by atoms with van der Waals surface area (Å²) in [6.07, 6.45) is 13.9. The van der Waals surface area contributed by atoms with Crippen molar-refractivity contribution in [2.24, 2.45) is 5.92 Å². The van der Waals surface area contributed by atoms with E-state index in [2.05, 4.69) is 60.3 Å². The van der Waals surface area contributed by atoms with Gasteiger partial charge < -0.3 is 0 Å². The predicted molar refractivity (Wildman–Crippen MR) is 105 cm³/mol. The summed E-state index contributed by atoms with van der Waals surface area (Å²) >= 11 is 0. The van der Waals surface area contributed by atoms with Crippen LogP contribution in [0.5, 0.6) is 0 Å². The van der Waals surface area contributed by atoms with Crippen molar-refractivity contribution in [3.63, 3.8) is 0 Å². The van der Waals surface area contributed by atoms with Crippen LogP contribution in [-0.4, -0.2) is 5.16 Å². The normalized spacial score (nSPS) is 13.3. The fraction of sp³-hybridized carbons (Fsp3) is 0.714. The van der Waals surface area contributed by atoms with E-state index in [1.807, 2.05) is 0 Å². The zero-order valence-electron chi connectivity index (χ0n) is 15.1. The number of rotatable bonds is 12. The molecule has 0 aliphatic rings. The van der Waals surface area contributed by atoms with Crippen LogP contribution in [-0.2, 0) is 6.42 Å². The van der Waals surface area contributed by atoms with Crippen LogP contribution in [0.2, 0.25) is 0 Å². The summed E-state index contributed by atoms with van der Waals surface area (Å²) in [5.74, 6) is 0.764. The molecular weight excluding hydrogens is 283 g/mol. The van der Waals surface area contributed by atoms with Crippen LogP contribution < -0.4 is 0 Å². The topological polar surface area (TPSA) is 0 Å². The average molecular weight is 321 g/mol. The Morgan fingerprint density at radius 3 is 1.95 bits per heavy atom. The number of benzene rings is 1. The molecular formula is C21H37P. The maximum atomic E-state index is 3.08. The maximum Gasteiger partial charge on any atom is -0.0175 e. The number of hydrogen-bond donors (Lipinski definition) is 0. The Morgan fingerprint density at radius 2 is 1.41 bits per heavy atom. The van der Waals surface area contributed by atoms with Crippen LogP contribution >= 0.6 is 9.24 Å². The van der Waals surface area contributed by atoms with Gasteiger partial charge in [0.15, 0.2) is 0 Å². The Kier molecular flexibility index (Phi) is 10.1. The van der Waals surface area contributed by atoms with Crippen LogP contribution in [0.1, 0.15) is 84.1 Å². The first-order chi connectivity index (χ1) is 10.5. The third kappa shape index (κ3) is 8.94. The van der Waals surface area contributed by atoms with Crippen LogP contribution in [0, 0.1) is 5.92 Å². The van der Waals surface area contributed by atoms with Crippen molar-refractivity contribution in [1.82, 2.24) is 0 Å². The second-order valence-corrected chi connectivity index (χ2v) is 8.96. The van der Waals surface area contributed by atoms with Crippen molar-refractivity contribution in [3.05, 3.63) is 35.9 Å². The molecule has 0 heterocycles. The molecule has 0 aliphatic carbocycles. The molecule has 0 fully saturated rings. The first-order valence-electron chi connectivity index (χ1n) is 9.37. The smallest absolute Gasteiger partial charge is 0.0175 e. The van der Waals surface area contributed by atoms with Gasteiger partial charge >= 0.3 is 0 Å². The van der Waals surface area contributed by atoms with Gasteiger partial charge in [0, 0.05) is 0 Å². The summed E-state index contributed by atoms with van der Waals surface area (Å²) in [7, 11) is 3.08. The van der Waals surface area contributed by atoms with Gasteiger partial charge in [-0.05, 0) is 29.5 Å². The zero-order valence-corrected chi connectivity index (χ0v) is 16.3. The molecule has 0 radical (unpaired) electrons. The predicted octanol–water partition coefficient (Wildman–Crippen LogP) is 7.03. The van der Waals surface area contributed by atoms with E-state index >= 15 is 0 Å². The average Bonchev–Trinajstić information content (AvgIpc) is 2.49. The van der Waals surface area contributed by atoms with Gasteiger partial charge in [-0.15, -0.1) is 9.24 Å². The summed E-state index contributed by atoms with van der Waals surface area (Å²) in [6.45, 7) is 7.03. The molecule has 1 rings (SSSR count). The number of hydrogen-bond acceptors (Lipinski definition) is 0. The molecule has 0 saturated heterocycles. The Labute approximate surface area is 141 Å². The Hall–Kier alpha value is -0.350. The molecule has 2 unspecified atom stereocenters. The molecule has 0 aliphatic heterocycles. The van der Waals surface area contributed by atoms with Gasteiger partial charge in [0.25, 0.3) is 0 Å². The molecule has 0 spiro atoms. The minimum Gasteiger partial charge on any atom is -0.131 e. The molecule has 0 amide bonds. The molecule has 0 bridgehead atoms. The summed E-state index contributed by atoms with van der Waals surface area (Å²) < 4.78 is 0. The minimum atomic E-state index is 0.330. The highest BCUT2D eigenvalue weighted by atomic mass is 31.0. The molecule has 1 aromatic rings. The quantitative estimate of drug-likeness (QED) is 0.286. The third-order valence-corrected chi connectivity index (χ3v) is 5.25. The Balaban J connectivity index is 2.25. The van der Waals surface area contributed by atoms with Crippen LogP contribution in [0.4, 0.5) is 0 Å². The monoisotopic (exact) mass is 320 g/mol. The highest BCUT2D eigenvalue weighted by molar-refractivity contribution is 7.18. The van der Waals surface area contributed by atoms with E-state index in [0.29, 0.717) is 5.16 Å². The SMILES string of the molecule is CCCCCCCCCCC(Cc1ccccc1)C(C)(C)P. The molecule has 0 saturated carbocycles. The number of unbranched alkanes of at least 4 members (excludes halogenated alkanes) is 7.